The van der Waals surface area contributed by atoms with Crippen molar-refractivity contribution in [2.75, 3.05) is 5.32 Å². The van der Waals surface area contributed by atoms with Gasteiger partial charge in [0, 0.05) is 10.2 Å². The highest BCUT2D eigenvalue weighted by atomic mass is 79.9. The molecule has 4 heteroatoms. The van der Waals surface area contributed by atoms with Crippen molar-refractivity contribution in [3.05, 3.63) is 50.8 Å². The number of benzene rings is 1. The van der Waals surface area contributed by atoms with Crippen LogP contribution in [-0.4, -0.2) is 0 Å². The van der Waals surface area contributed by atoms with Gasteiger partial charge in [-0.3, -0.25) is 0 Å². The van der Waals surface area contributed by atoms with Crippen LogP contribution in [0.4, 0.5) is 5.69 Å². The molecule has 0 atom stereocenters. The minimum Gasteiger partial charge on any atom is -0.466 e. The highest BCUT2D eigenvalue weighted by Gasteiger charge is 2.05. The van der Waals surface area contributed by atoms with Crippen molar-refractivity contribution in [1.82, 2.24) is 0 Å². The van der Waals surface area contributed by atoms with Crippen LogP contribution in [0.25, 0.3) is 0 Å². The molecule has 2 nitrogen and oxygen atoms in total. The van der Waals surface area contributed by atoms with Crippen LogP contribution in [0.1, 0.15) is 11.3 Å². The maximum Gasteiger partial charge on any atom is 0.136 e. The first-order chi connectivity index (χ1) is 7.68. The van der Waals surface area contributed by atoms with E-state index in [0.29, 0.717) is 6.54 Å². The molecule has 0 aliphatic carbocycles. The molecule has 0 aliphatic rings. The number of aryl methyl sites for hydroxylation is 1. The number of nitrogens with one attached hydrogen (secondary N) is 1. The average molecular weight is 345 g/mol. The Labute approximate surface area is 111 Å². The molecule has 0 spiro atoms. The lowest BCUT2D eigenvalue weighted by molar-refractivity contribution is 0.516. The molecule has 1 heterocycles. The molecule has 2 rings (SSSR count). The fourth-order valence-corrected chi connectivity index (χ4v) is 2.16. The molecule has 0 unspecified atom stereocenters. The van der Waals surface area contributed by atoms with Crippen LogP contribution < -0.4 is 5.32 Å². The van der Waals surface area contributed by atoms with Gasteiger partial charge in [0.25, 0.3) is 0 Å². The summed E-state index contributed by atoms with van der Waals surface area (Å²) in [6.45, 7) is 2.73. The molecule has 1 N–H and O–H groups in total. The molecule has 0 amide bonds. The quantitative estimate of drug-likeness (QED) is 0.871. The first-order valence-corrected chi connectivity index (χ1v) is 6.48. The van der Waals surface area contributed by atoms with E-state index in [0.717, 1.165) is 20.4 Å². The first kappa shape index (κ1) is 11.7. The second-order valence-electron chi connectivity index (χ2n) is 3.48. The zero-order valence-corrected chi connectivity index (χ0v) is 11.9. The zero-order valence-electron chi connectivity index (χ0n) is 8.76. The van der Waals surface area contributed by atoms with E-state index in [9.17, 15) is 0 Å². The van der Waals surface area contributed by atoms with E-state index in [1.165, 1.54) is 5.56 Å². The molecule has 0 radical (unpaired) electrons. The maximum absolute atomic E-state index is 5.33. The first-order valence-electron chi connectivity index (χ1n) is 4.89. The van der Waals surface area contributed by atoms with Crippen molar-refractivity contribution in [1.29, 1.82) is 0 Å². The Bertz CT molecular complexity index is 494. The molecular formula is C12H11Br2NO. The third kappa shape index (κ3) is 2.50. The topological polar surface area (TPSA) is 25.2 Å². The van der Waals surface area contributed by atoms with Gasteiger partial charge in [-0.2, -0.15) is 0 Å². The molecule has 1 aromatic carbocycles. The smallest absolute Gasteiger partial charge is 0.136 e. The van der Waals surface area contributed by atoms with Crippen LogP contribution >= 0.6 is 31.9 Å². The van der Waals surface area contributed by atoms with E-state index in [-0.39, 0.29) is 0 Å². The minimum atomic E-state index is 0.662. The number of rotatable bonds is 3. The summed E-state index contributed by atoms with van der Waals surface area (Å²) in [6, 6.07) is 8.02. The summed E-state index contributed by atoms with van der Waals surface area (Å²) >= 11 is 6.99. The van der Waals surface area contributed by atoms with Gasteiger partial charge in [-0.05, 0) is 56.5 Å². The summed E-state index contributed by atoms with van der Waals surface area (Å²) in [5.74, 6) is 0.897. The Morgan fingerprint density at radius 3 is 2.75 bits per heavy atom. The third-order valence-electron chi connectivity index (χ3n) is 2.32. The number of furan rings is 1. The van der Waals surface area contributed by atoms with Gasteiger partial charge in [-0.25, -0.2) is 0 Å². The van der Waals surface area contributed by atoms with Gasteiger partial charge >= 0.3 is 0 Å². The number of halogens is 2. The Hall–Kier alpha value is -0.740. The van der Waals surface area contributed by atoms with Crippen LogP contribution in [-0.2, 0) is 6.54 Å². The predicted octanol–water partition coefficient (Wildman–Crippen LogP) is 4.73. The van der Waals surface area contributed by atoms with E-state index in [1.54, 1.807) is 6.26 Å². The molecular weight excluding hydrogens is 334 g/mol. The number of hydrogen-bond acceptors (Lipinski definition) is 2. The summed E-state index contributed by atoms with van der Waals surface area (Å²) in [6.07, 6.45) is 1.67. The second kappa shape index (κ2) is 5.06. The summed E-state index contributed by atoms with van der Waals surface area (Å²) < 4.78 is 7.42. The van der Waals surface area contributed by atoms with Gasteiger partial charge < -0.3 is 9.73 Å². The van der Waals surface area contributed by atoms with E-state index in [4.69, 9.17) is 4.42 Å². The van der Waals surface area contributed by atoms with Crippen molar-refractivity contribution >= 4 is 37.5 Å². The lowest BCUT2D eigenvalue weighted by atomic mass is 10.2. The van der Waals surface area contributed by atoms with Crippen molar-refractivity contribution in [2.24, 2.45) is 0 Å². The van der Waals surface area contributed by atoms with Crippen LogP contribution in [0.5, 0.6) is 0 Å². The van der Waals surface area contributed by atoms with Crippen molar-refractivity contribution in [3.8, 4) is 0 Å². The maximum atomic E-state index is 5.33. The summed E-state index contributed by atoms with van der Waals surface area (Å²) in [7, 11) is 0. The van der Waals surface area contributed by atoms with Crippen molar-refractivity contribution in [2.45, 2.75) is 13.5 Å². The highest BCUT2D eigenvalue weighted by Crippen LogP contribution is 2.27. The standard InChI is InChI=1S/C12H11Br2NO/c1-8-3-2-4-10(12(8)14)15-7-11-9(13)5-6-16-11/h2-6,15H,7H2,1H3. The molecule has 0 saturated heterocycles. The highest BCUT2D eigenvalue weighted by molar-refractivity contribution is 9.11. The van der Waals surface area contributed by atoms with Gasteiger partial charge in [-0.1, -0.05) is 12.1 Å². The van der Waals surface area contributed by atoms with Crippen LogP contribution in [0, 0.1) is 6.92 Å². The molecule has 0 saturated carbocycles. The molecule has 2 aromatic rings. The monoisotopic (exact) mass is 343 g/mol. The van der Waals surface area contributed by atoms with E-state index < -0.39 is 0 Å². The molecule has 0 aliphatic heterocycles. The lowest BCUT2D eigenvalue weighted by Crippen LogP contribution is -1.99. The van der Waals surface area contributed by atoms with Gasteiger partial charge in [0.1, 0.15) is 5.76 Å². The lowest BCUT2D eigenvalue weighted by Gasteiger charge is -2.09. The Balaban J connectivity index is 2.11. The van der Waals surface area contributed by atoms with E-state index in [1.807, 2.05) is 18.2 Å². The number of anilines is 1. The van der Waals surface area contributed by atoms with Crippen molar-refractivity contribution < 1.29 is 4.42 Å². The van der Waals surface area contributed by atoms with Gasteiger partial charge in [0.15, 0.2) is 0 Å². The molecule has 84 valence electrons. The Morgan fingerprint density at radius 1 is 1.25 bits per heavy atom. The van der Waals surface area contributed by atoms with Crippen LogP contribution in [0.2, 0.25) is 0 Å². The second-order valence-corrected chi connectivity index (χ2v) is 5.13. The Kier molecular flexibility index (Phi) is 3.71. The normalized spacial score (nSPS) is 10.4. The molecule has 16 heavy (non-hydrogen) atoms. The number of hydrogen-bond donors (Lipinski definition) is 1. The van der Waals surface area contributed by atoms with Gasteiger partial charge in [0.05, 0.1) is 17.3 Å². The summed E-state index contributed by atoms with van der Waals surface area (Å²) in [5, 5.41) is 3.33. The summed E-state index contributed by atoms with van der Waals surface area (Å²) in [4.78, 5) is 0. The van der Waals surface area contributed by atoms with Crippen molar-refractivity contribution in [3.63, 3.8) is 0 Å². The van der Waals surface area contributed by atoms with Gasteiger partial charge in [0.2, 0.25) is 0 Å². The SMILES string of the molecule is Cc1cccc(NCc2occc2Br)c1Br. The zero-order chi connectivity index (χ0) is 11.5. The van der Waals surface area contributed by atoms with Crippen LogP contribution in [0.3, 0.4) is 0 Å². The Morgan fingerprint density at radius 2 is 2.06 bits per heavy atom. The molecule has 0 fully saturated rings. The van der Waals surface area contributed by atoms with Gasteiger partial charge in [-0.15, -0.1) is 0 Å². The fourth-order valence-electron chi connectivity index (χ4n) is 1.41. The third-order valence-corrected chi connectivity index (χ3v) is 4.08. The average Bonchev–Trinajstić information content (AvgIpc) is 2.67. The van der Waals surface area contributed by atoms with E-state index >= 15 is 0 Å². The summed E-state index contributed by atoms with van der Waals surface area (Å²) in [5.41, 5.74) is 2.28. The molecule has 0 bridgehead atoms. The van der Waals surface area contributed by atoms with Crippen LogP contribution in [0.15, 0.2) is 43.9 Å². The largest absolute Gasteiger partial charge is 0.466 e. The fraction of sp³-hybridized carbons (Fsp3) is 0.167. The predicted molar refractivity (Wildman–Crippen MR) is 72.6 cm³/mol. The molecule has 1 aromatic heterocycles. The van der Waals surface area contributed by atoms with E-state index in [2.05, 4.69) is 50.2 Å². The minimum absolute atomic E-state index is 0.662.